The highest BCUT2D eigenvalue weighted by molar-refractivity contribution is 9.10. The predicted molar refractivity (Wildman–Crippen MR) is 60.1 cm³/mol. The first-order valence-electron chi connectivity index (χ1n) is 4.57. The maximum absolute atomic E-state index is 13.2. The minimum absolute atomic E-state index is 0.114. The van der Waals surface area contributed by atoms with Gasteiger partial charge in [-0.05, 0) is 40.2 Å². The van der Waals surface area contributed by atoms with Crippen molar-refractivity contribution in [1.82, 2.24) is 0 Å². The van der Waals surface area contributed by atoms with Crippen molar-refractivity contribution in [3.63, 3.8) is 0 Å². The van der Waals surface area contributed by atoms with Gasteiger partial charge < -0.3 is 9.73 Å². The first kappa shape index (κ1) is 11.1. The highest BCUT2D eigenvalue weighted by Crippen LogP contribution is 2.20. The zero-order valence-corrected chi connectivity index (χ0v) is 9.72. The fourth-order valence-corrected chi connectivity index (χ4v) is 1.60. The Morgan fingerprint density at radius 1 is 1.25 bits per heavy atom. The Bertz CT molecular complexity index is 498. The highest BCUT2D eigenvalue weighted by Gasteiger charge is 2.06. The van der Waals surface area contributed by atoms with Crippen molar-refractivity contribution in [2.75, 3.05) is 5.32 Å². The first-order chi connectivity index (χ1) is 7.66. The molecule has 16 heavy (non-hydrogen) atoms. The molecule has 2 nitrogen and oxygen atoms in total. The second kappa shape index (κ2) is 4.65. The Labute approximate surface area is 99.4 Å². The molecule has 0 fully saturated rings. The van der Waals surface area contributed by atoms with Crippen LogP contribution in [0.15, 0.2) is 39.4 Å². The number of benzene rings is 1. The smallest absolute Gasteiger partial charge is 0.146 e. The number of halogens is 3. The second-order valence-electron chi connectivity index (χ2n) is 3.17. The Morgan fingerprint density at radius 2 is 2.06 bits per heavy atom. The van der Waals surface area contributed by atoms with Crippen LogP contribution in [0.4, 0.5) is 14.5 Å². The van der Waals surface area contributed by atoms with Gasteiger partial charge in [-0.25, -0.2) is 8.78 Å². The van der Waals surface area contributed by atoms with Gasteiger partial charge in [0.1, 0.15) is 17.4 Å². The quantitative estimate of drug-likeness (QED) is 0.925. The van der Waals surface area contributed by atoms with Crippen LogP contribution in [0.1, 0.15) is 5.76 Å². The van der Waals surface area contributed by atoms with Gasteiger partial charge in [-0.15, -0.1) is 0 Å². The van der Waals surface area contributed by atoms with E-state index in [0.717, 1.165) is 22.7 Å². The summed E-state index contributed by atoms with van der Waals surface area (Å²) in [5.41, 5.74) is 0.114. The zero-order valence-electron chi connectivity index (χ0n) is 8.14. The third-order valence-electron chi connectivity index (χ3n) is 2.06. The van der Waals surface area contributed by atoms with Gasteiger partial charge in [0.05, 0.1) is 23.0 Å². The Kier molecular flexibility index (Phi) is 3.24. The molecule has 0 aliphatic carbocycles. The van der Waals surface area contributed by atoms with E-state index >= 15 is 0 Å². The van der Waals surface area contributed by atoms with Crippen LogP contribution in [0.25, 0.3) is 0 Å². The van der Waals surface area contributed by atoms with Crippen LogP contribution >= 0.6 is 15.9 Å². The average molecular weight is 288 g/mol. The molecule has 0 radical (unpaired) electrons. The average Bonchev–Trinajstić information content (AvgIpc) is 2.66. The van der Waals surface area contributed by atoms with Crippen LogP contribution in [-0.2, 0) is 6.54 Å². The third-order valence-corrected chi connectivity index (χ3v) is 2.77. The van der Waals surface area contributed by atoms with E-state index < -0.39 is 11.6 Å². The van der Waals surface area contributed by atoms with Crippen molar-refractivity contribution in [2.45, 2.75) is 6.54 Å². The van der Waals surface area contributed by atoms with Gasteiger partial charge in [0.25, 0.3) is 0 Å². The Hall–Kier alpha value is -1.36. The number of hydrogen-bond donors (Lipinski definition) is 1. The molecule has 5 heteroatoms. The summed E-state index contributed by atoms with van der Waals surface area (Å²) >= 11 is 3.27. The largest absolute Gasteiger partial charge is 0.466 e. The number of rotatable bonds is 3. The molecule has 0 saturated heterocycles. The molecule has 0 atom stereocenters. The minimum atomic E-state index is -0.496. The van der Waals surface area contributed by atoms with Crippen molar-refractivity contribution in [1.29, 1.82) is 0 Å². The second-order valence-corrected chi connectivity index (χ2v) is 4.02. The van der Waals surface area contributed by atoms with Crippen LogP contribution in [0.2, 0.25) is 0 Å². The third kappa shape index (κ3) is 2.41. The van der Waals surface area contributed by atoms with Crippen molar-refractivity contribution >= 4 is 21.6 Å². The van der Waals surface area contributed by atoms with Crippen LogP contribution in [-0.4, -0.2) is 0 Å². The van der Waals surface area contributed by atoms with E-state index in [0.29, 0.717) is 5.76 Å². The minimum Gasteiger partial charge on any atom is -0.466 e. The highest BCUT2D eigenvalue weighted by atomic mass is 79.9. The number of anilines is 1. The van der Waals surface area contributed by atoms with E-state index in [9.17, 15) is 8.78 Å². The summed E-state index contributed by atoms with van der Waals surface area (Å²) in [6, 6.07) is 4.99. The lowest BCUT2D eigenvalue weighted by Gasteiger charge is -2.06. The molecule has 2 rings (SSSR count). The summed E-state index contributed by atoms with van der Waals surface area (Å²) in [6.07, 6.45) is 1.52. The van der Waals surface area contributed by atoms with Gasteiger partial charge >= 0.3 is 0 Å². The predicted octanol–water partition coefficient (Wildman–Crippen LogP) is 3.93. The van der Waals surface area contributed by atoms with Gasteiger partial charge in [-0.2, -0.15) is 0 Å². The lowest BCUT2D eigenvalue weighted by Crippen LogP contribution is -2.01. The fourth-order valence-electron chi connectivity index (χ4n) is 1.26. The molecule has 1 N–H and O–H groups in total. The fraction of sp³-hybridized carbons (Fsp3) is 0.0909. The molecule has 0 unspecified atom stereocenters. The molecule has 2 aromatic rings. The van der Waals surface area contributed by atoms with Gasteiger partial charge in [-0.1, -0.05) is 0 Å². The molecule has 84 valence electrons. The van der Waals surface area contributed by atoms with Gasteiger partial charge in [0.2, 0.25) is 0 Å². The molecule has 0 amide bonds. The number of hydrogen-bond acceptors (Lipinski definition) is 2. The molecule has 1 aromatic carbocycles. The first-order valence-corrected chi connectivity index (χ1v) is 5.37. The Balaban J connectivity index is 2.10. The van der Waals surface area contributed by atoms with E-state index in [1.54, 1.807) is 6.07 Å². The molecular formula is C11H8BrF2NO. The lowest BCUT2D eigenvalue weighted by atomic mass is 10.3. The van der Waals surface area contributed by atoms with E-state index in [-0.39, 0.29) is 12.2 Å². The topological polar surface area (TPSA) is 25.2 Å². The summed E-state index contributed by atoms with van der Waals surface area (Å²) in [5.74, 6) is -0.352. The van der Waals surface area contributed by atoms with Crippen LogP contribution in [0.5, 0.6) is 0 Å². The summed E-state index contributed by atoms with van der Waals surface area (Å²) in [7, 11) is 0. The number of furan rings is 1. The maximum atomic E-state index is 13.2. The molecule has 0 spiro atoms. The summed E-state index contributed by atoms with van der Waals surface area (Å²) in [4.78, 5) is 0. The van der Waals surface area contributed by atoms with Crippen molar-refractivity contribution in [2.24, 2.45) is 0 Å². The summed E-state index contributed by atoms with van der Waals surface area (Å²) < 4.78 is 32.0. The molecule has 0 aliphatic rings. The van der Waals surface area contributed by atoms with Gasteiger partial charge in [-0.3, -0.25) is 0 Å². The monoisotopic (exact) mass is 287 g/mol. The molecule has 0 aliphatic heterocycles. The van der Waals surface area contributed by atoms with Crippen molar-refractivity contribution < 1.29 is 13.2 Å². The normalized spacial score (nSPS) is 10.4. The summed E-state index contributed by atoms with van der Waals surface area (Å²) in [6.45, 7) is 0.286. The van der Waals surface area contributed by atoms with E-state index in [2.05, 4.69) is 21.2 Å². The van der Waals surface area contributed by atoms with Crippen LogP contribution in [0, 0.1) is 11.6 Å². The number of nitrogens with one attached hydrogen (secondary N) is 1. The maximum Gasteiger partial charge on any atom is 0.146 e. The van der Waals surface area contributed by atoms with E-state index in [4.69, 9.17) is 4.42 Å². The van der Waals surface area contributed by atoms with E-state index in [1.165, 1.54) is 6.26 Å². The van der Waals surface area contributed by atoms with Crippen LogP contribution < -0.4 is 5.32 Å². The molecule has 1 aromatic heterocycles. The SMILES string of the molecule is Fc1ccc(F)c(NCc2occc2Br)c1. The van der Waals surface area contributed by atoms with Crippen molar-refractivity contribution in [3.8, 4) is 0 Å². The van der Waals surface area contributed by atoms with E-state index in [1.807, 2.05) is 0 Å². The molecule has 0 bridgehead atoms. The van der Waals surface area contributed by atoms with Crippen LogP contribution in [0.3, 0.4) is 0 Å². The standard InChI is InChI=1S/C11H8BrF2NO/c12-8-3-4-16-11(8)6-15-10-5-7(13)1-2-9(10)14/h1-5,15H,6H2. The zero-order chi connectivity index (χ0) is 11.5. The molecular weight excluding hydrogens is 280 g/mol. The molecule has 1 heterocycles. The van der Waals surface area contributed by atoms with Gasteiger partial charge in [0.15, 0.2) is 0 Å². The Morgan fingerprint density at radius 3 is 2.75 bits per heavy atom. The molecule has 0 saturated carbocycles. The van der Waals surface area contributed by atoms with Gasteiger partial charge in [0, 0.05) is 0 Å². The summed E-state index contributed by atoms with van der Waals surface area (Å²) in [5, 5.41) is 2.76. The lowest BCUT2D eigenvalue weighted by molar-refractivity contribution is 0.515. The van der Waals surface area contributed by atoms with Crippen molar-refractivity contribution in [3.05, 3.63) is 52.4 Å².